The Labute approximate surface area is 268 Å². The second-order valence-corrected chi connectivity index (χ2v) is 11.8. The summed E-state index contributed by atoms with van der Waals surface area (Å²) in [6.07, 6.45) is 11.5. The van der Waals surface area contributed by atoms with Gasteiger partial charge in [-0.05, 0) is 82.1 Å². The molecule has 10 rings (SSSR count). The van der Waals surface area contributed by atoms with Gasteiger partial charge in [0.1, 0.15) is 22.8 Å². The Morgan fingerprint density at radius 2 is 1.11 bits per heavy atom. The van der Waals surface area contributed by atoms with E-state index in [9.17, 15) is 0 Å². The molecule has 47 heavy (non-hydrogen) atoms. The number of imidazole rings is 2. The van der Waals surface area contributed by atoms with Crippen LogP contribution in [0.25, 0.3) is 76.9 Å². The maximum Gasteiger partial charge on any atom is 0.145 e. The summed E-state index contributed by atoms with van der Waals surface area (Å²) in [5, 5.41) is 6.48. The van der Waals surface area contributed by atoms with Crippen molar-refractivity contribution in [3.63, 3.8) is 0 Å². The molecule has 0 aliphatic heterocycles. The predicted octanol–water partition coefficient (Wildman–Crippen LogP) is 10.1. The summed E-state index contributed by atoms with van der Waals surface area (Å²) in [5.74, 6) is 1.48. The van der Waals surface area contributed by atoms with Crippen LogP contribution in [0.1, 0.15) is 0 Å². The van der Waals surface area contributed by atoms with Gasteiger partial charge in [-0.2, -0.15) is 0 Å². The summed E-state index contributed by atoms with van der Waals surface area (Å²) in [6, 6.07) is 40.3. The summed E-state index contributed by atoms with van der Waals surface area (Å²) in [4.78, 5) is 13.9. The lowest BCUT2D eigenvalue weighted by molar-refractivity contribution is 0.484. The number of fused-ring (bicyclic) bond motifs is 12. The number of nitrogens with zero attached hydrogens (tertiary/aromatic N) is 5. The molecule has 0 N–H and O–H groups in total. The van der Waals surface area contributed by atoms with Crippen molar-refractivity contribution in [3.8, 4) is 33.8 Å². The minimum Gasteiger partial charge on any atom is -0.457 e. The zero-order valence-electron chi connectivity index (χ0n) is 25.1. The molecule has 0 bridgehead atoms. The monoisotopic (exact) mass is 603 g/mol. The normalized spacial score (nSPS) is 11.8. The summed E-state index contributed by atoms with van der Waals surface area (Å²) < 4.78 is 10.9. The molecular weight excluding hydrogens is 578 g/mol. The Hall–Kier alpha value is -6.53. The van der Waals surface area contributed by atoms with Crippen LogP contribution in [0.2, 0.25) is 0 Å². The third-order valence-corrected chi connectivity index (χ3v) is 9.16. The van der Waals surface area contributed by atoms with Crippen molar-refractivity contribution in [2.24, 2.45) is 0 Å². The Morgan fingerprint density at radius 1 is 0.468 bits per heavy atom. The standard InChI is InChI=1S/C41H25N5O/c1-3-7-26(8-4-1)28-21-33(27-9-5-2-6-10-27)39-34(22-28)31-13-11-29(23-35(31)41-44-18-20-46(39)41)47-30-12-14-32-36(24-30)40-43-17-19-45(40)38-15-16-42-25-37(32)38/h1-25H. The quantitative estimate of drug-likeness (QED) is 0.188. The molecule has 0 saturated heterocycles. The summed E-state index contributed by atoms with van der Waals surface area (Å²) in [7, 11) is 0. The molecule has 0 spiro atoms. The van der Waals surface area contributed by atoms with Crippen LogP contribution in [0.5, 0.6) is 11.5 Å². The molecule has 0 saturated carbocycles. The van der Waals surface area contributed by atoms with Gasteiger partial charge in [-0.15, -0.1) is 0 Å². The van der Waals surface area contributed by atoms with Crippen LogP contribution >= 0.6 is 0 Å². The number of hydrogen-bond donors (Lipinski definition) is 0. The minimum absolute atomic E-state index is 0.739. The largest absolute Gasteiger partial charge is 0.457 e. The first-order chi connectivity index (χ1) is 23.3. The predicted molar refractivity (Wildman–Crippen MR) is 189 cm³/mol. The van der Waals surface area contributed by atoms with Gasteiger partial charge >= 0.3 is 0 Å². The molecule has 0 amide bonds. The zero-order chi connectivity index (χ0) is 30.9. The fraction of sp³-hybridized carbons (Fsp3) is 0. The summed E-state index contributed by atoms with van der Waals surface area (Å²) in [5.41, 5.74) is 8.65. The average Bonchev–Trinajstić information content (AvgIpc) is 3.84. The number of hydrogen-bond acceptors (Lipinski definition) is 4. The van der Waals surface area contributed by atoms with Crippen LogP contribution in [0.15, 0.2) is 152 Å². The van der Waals surface area contributed by atoms with E-state index in [4.69, 9.17) is 9.72 Å². The lowest BCUT2D eigenvalue weighted by Crippen LogP contribution is -1.96. The van der Waals surface area contributed by atoms with E-state index in [0.717, 1.165) is 77.3 Å². The van der Waals surface area contributed by atoms with Crippen LogP contribution in [0, 0.1) is 0 Å². The third-order valence-electron chi connectivity index (χ3n) is 9.16. The van der Waals surface area contributed by atoms with Crippen molar-refractivity contribution in [3.05, 3.63) is 152 Å². The number of benzene rings is 5. The van der Waals surface area contributed by atoms with Crippen LogP contribution in [0.4, 0.5) is 0 Å². The molecule has 0 unspecified atom stereocenters. The fourth-order valence-electron chi connectivity index (χ4n) is 7.07. The molecule has 0 aliphatic rings. The highest BCUT2D eigenvalue weighted by Crippen LogP contribution is 2.40. The molecule has 220 valence electrons. The highest BCUT2D eigenvalue weighted by atomic mass is 16.5. The number of rotatable bonds is 4. The SMILES string of the molecule is c1ccc(-c2cc(-c3ccccc3)c3c(c2)c2ccc(Oc4ccc5c6cnccc6n6ccnc6c5c4)cc2c2nccn23)cc1. The molecule has 6 heteroatoms. The number of ether oxygens (including phenoxy) is 1. The lowest BCUT2D eigenvalue weighted by atomic mass is 9.93. The van der Waals surface area contributed by atoms with E-state index in [-0.39, 0.29) is 0 Å². The average molecular weight is 604 g/mol. The molecule has 6 nitrogen and oxygen atoms in total. The van der Waals surface area contributed by atoms with Gasteiger partial charge < -0.3 is 4.74 Å². The molecular formula is C41H25N5O. The Kier molecular flexibility index (Phi) is 5.48. The second kappa shape index (κ2) is 9.99. The first-order valence-electron chi connectivity index (χ1n) is 15.6. The lowest BCUT2D eigenvalue weighted by Gasteiger charge is -2.16. The van der Waals surface area contributed by atoms with Crippen molar-refractivity contribution >= 4 is 54.6 Å². The van der Waals surface area contributed by atoms with E-state index in [1.54, 1.807) is 0 Å². The van der Waals surface area contributed by atoms with E-state index in [1.807, 2.05) is 43.1 Å². The number of aromatic nitrogens is 5. The van der Waals surface area contributed by atoms with Gasteiger partial charge in [0, 0.05) is 64.3 Å². The van der Waals surface area contributed by atoms with Crippen molar-refractivity contribution in [2.75, 3.05) is 0 Å². The molecule has 5 aromatic heterocycles. The van der Waals surface area contributed by atoms with Gasteiger partial charge in [0.25, 0.3) is 0 Å². The maximum atomic E-state index is 6.57. The van der Waals surface area contributed by atoms with E-state index in [1.165, 1.54) is 11.1 Å². The molecule has 0 fully saturated rings. The van der Waals surface area contributed by atoms with Gasteiger partial charge in [-0.1, -0.05) is 60.7 Å². The molecule has 10 aromatic rings. The molecule has 5 aromatic carbocycles. The first-order valence-corrected chi connectivity index (χ1v) is 15.6. The summed E-state index contributed by atoms with van der Waals surface area (Å²) in [6.45, 7) is 0. The van der Waals surface area contributed by atoms with E-state index in [2.05, 4.69) is 128 Å². The van der Waals surface area contributed by atoms with Gasteiger partial charge in [-0.25, -0.2) is 9.97 Å². The van der Waals surface area contributed by atoms with Gasteiger partial charge in [0.15, 0.2) is 0 Å². The van der Waals surface area contributed by atoms with Gasteiger partial charge in [0.05, 0.1) is 11.0 Å². The van der Waals surface area contributed by atoms with E-state index < -0.39 is 0 Å². The van der Waals surface area contributed by atoms with Crippen LogP contribution in [0.3, 0.4) is 0 Å². The minimum atomic E-state index is 0.739. The van der Waals surface area contributed by atoms with Crippen molar-refractivity contribution in [2.45, 2.75) is 0 Å². The molecule has 5 heterocycles. The maximum absolute atomic E-state index is 6.57. The Bertz CT molecular complexity index is 2820. The smallest absolute Gasteiger partial charge is 0.145 e. The van der Waals surface area contributed by atoms with Gasteiger partial charge in [0.2, 0.25) is 0 Å². The highest BCUT2D eigenvalue weighted by molar-refractivity contribution is 6.16. The topological polar surface area (TPSA) is 56.7 Å². The fourth-order valence-corrected chi connectivity index (χ4v) is 7.07. The molecule has 0 radical (unpaired) electrons. The van der Waals surface area contributed by atoms with Crippen molar-refractivity contribution in [1.29, 1.82) is 0 Å². The van der Waals surface area contributed by atoms with Crippen LogP contribution in [-0.2, 0) is 0 Å². The second-order valence-electron chi connectivity index (χ2n) is 11.8. The zero-order valence-corrected chi connectivity index (χ0v) is 25.1. The highest BCUT2D eigenvalue weighted by Gasteiger charge is 2.17. The Balaban J connectivity index is 1.17. The van der Waals surface area contributed by atoms with Crippen LogP contribution in [-0.4, -0.2) is 23.8 Å². The van der Waals surface area contributed by atoms with E-state index >= 15 is 0 Å². The van der Waals surface area contributed by atoms with Crippen molar-refractivity contribution in [1.82, 2.24) is 23.8 Å². The van der Waals surface area contributed by atoms with Crippen LogP contribution < -0.4 is 4.74 Å². The van der Waals surface area contributed by atoms with E-state index in [0.29, 0.717) is 0 Å². The van der Waals surface area contributed by atoms with Crippen molar-refractivity contribution < 1.29 is 4.74 Å². The molecule has 0 aliphatic carbocycles. The van der Waals surface area contributed by atoms with Gasteiger partial charge in [-0.3, -0.25) is 13.8 Å². The summed E-state index contributed by atoms with van der Waals surface area (Å²) >= 11 is 0. The Morgan fingerprint density at radius 3 is 1.83 bits per heavy atom. The third kappa shape index (κ3) is 3.95. The first kappa shape index (κ1) is 25.8. The molecule has 0 atom stereocenters. The number of pyridine rings is 3.